The van der Waals surface area contributed by atoms with Crippen molar-refractivity contribution in [2.24, 2.45) is 5.73 Å². The standard InChI is InChI=1S/C8H18N2.2ClH/c1-7(2)8(3,9)5-6-10(7)4;;/h5-6,9H2,1-4H3;2*1H. The van der Waals surface area contributed by atoms with E-state index in [1.807, 2.05) is 0 Å². The minimum Gasteiger partial charge on any atom is -0.324 e. The van der Waals surface area contributed by atoms with Crippen LogP contribution in [0.25, 0.3) is 0 Å². The van der Waals surface area contributed by atoms with E-state index < -0.39 is 0 Å². The molecule has 0 aromatic rings. The zero-order chi connectivity index (χ0) is 7.99. The molecule has 2 N–H and O–H groups in total. The summed E-state index contributed by atoms with van der Waals surface area (Å²) in [4.78, 5) is 2.33. The van der Waals surface area contributed by atoms with E-state index in [0.29, 0.717) is 0 Å². The van der Waals surface area contributed by atoms with Gasteiger partial charge < -0.3 is 5.73 Å². The van der Waals surface area contributed by atoms with Crippen LogP contribution in [0.2, 0.25) is 0 Å². The van der Waals surface area contributed by atoms with Crippen molar-refractivity contribution < 1.29 is 0 Å². The van der Waals surface area contributed by atoms with Gasteiger partial charge in [-0.25, -0.2) is 0 Å². The third-order valence-electron chi connectivity index (χ3n) is 3.32. The van der Waals surface area contributed by atoms with Crippen molar-refractivity contribution in [3.63, 3.8) is 0 Å². The molecule has 2 nitrogen and oxygen atoms in total. The molecule has 0 radical (unpaired) electrons. The quantitative estimate of drug-likeness (QED) is 0.665. The van der Waals surface area contributed by atoms with E-state index >= 15 is 0 Å². The van der Waals surface area contributed by atoms with Crippen LogP contribution in [0.15, 0.2) is 0 Å². The van der Waals surface area contributed by atoms with E-state index in [-0.39, 0.29) is 35.9 Å². The second kappa shape index (κ2) is 4.14. The summed E-state index contributed by atoms with van der Waals surface area (Å²) < 4.78 is 0. The number of rotatable bonds is 0. The summed E-state index contributed by atoms with van der Waals surface area (Å²) in [6.07, 6.45) is 1.11. The van der Waals surface area contributed by atoms with Crippen LogP contribution in [-0.2, 0) is 0 Å². The Kier molecular flexibility index (Phi) is 5.17. The predicted octanol–water partition coefficient (Wildman–Crippen LogP) is 1.66. The Balaban J connectivity index is 0. The average Bonchev–Trinajstić information content (AvgIpc) is 1.94. The monoisotopic (exact) mass is 214 g/mol. The first-order valence-corrected chi connectivity index (χ1v) is 3.88. The van der Waals surface area contributed by atoms with Gasteiger partial charge in [-0.3, -0.25) is 4.90 Å². The smallest absolute Gasteiger partial charge is 0.0327 e. The van der Waals surface area contributed by atoms with Gasteiger partial charge in [-0.2, -0.15) is 0 Å². The summed E-state index contributed by atoms with van der Waals surface area (Å²) >= 11 is 0. The van der Waals surface area contributed by atoms with Crippen molar-refractivity contribution in [2.45, 2.75) is 38.3 Å². The van der Waals surface area contributed by atoms with E-state index in [9.17, 15) is 0 Å². The fourth-order valence-electron chi connectivity index (χ4n) is 1.42. The average molecular weight is 215 g/mol. The number of nitrogens with two attached hydrogens (primary N) is 1. The zero-order valence-corrected chi connectivity index (χ0v) is 9.89. The van der Waals surface area contributed by atoms with Crippen LogP contribution in [0, 0.1) is 0 Å². The Morgan fingerprint density at radius 1 is 1.17 bits per heavy atom. The van der Waals surface area contributed by atoms with Gasteiger partial charge in [0.15, 0.2) is 0 Å². The highest BCUT2D eigenvalue weighted by molar-refractivity contribution is 5.85. The molecule has 0 amide bonds. The molecular weight excluding hydrogens is 195 g/mol. The van der Waals surface area contributed by atoms with Gasteiger partial charge >= 0.3 is 0 Å². The number of likely N-dealkylation sites (tertiary alicyclic amines) is 1. The van der Waals surface area contributed by atoms with Crippen LogP contribution in [0.5, 0.6) is 0 Å². The minimum absolute atomic E-state index is 0. The molecule has 1 heterocycles. The molecule has 1 unspecified atom stereocenters. The van der Waals surface area contributed by atoms with Crippen LogP contribution in [0.3, 0.4) is 0 Å². The fourth-order valence-corrected chi connectivity index (χ4v) is 1.42. The topological polar surface area (TPSA) is 29.3 Å². The van der Waals surface area contributed by atoms with Crippen LogP contribution in [0.4, 0.5) is 0 Å². The summed E-state index contributed by atoms with van der Waals surface area (Å²) in [5, 5.41) is 0. The van der Waals surface area contributed by atoms with E-state index in [4.69, 9.17) is 5.73 Å². The second-order valence-corrected chi connectivity index (χ2v) is 4.15. The zero-order valence-electron chi connectivity index (χ0n) is 8.26. The Morgan fingerprint density at radius 2 is 1.58 bits per heavy atom. The van der Waals surface area contributed by atoms with Crippen LogP contribution in [0.1, 0.15) is 27.2 Å². The molecule has 1 atom stereocenters. The molecule has 0 spiro atoms. The van der Waals surface area contributed by atoms with Crippen LogP contribution in [-0.4, -0.2) is 29.6 Å². The maximum atomic E-state index is 6.10. The van der Waals surface area contributed by atoms with E-state index in [0.717, 1.165) is 13.0 Å². The van der Waals surface area contributed by atoms with E-state index in [1.165, 1.54) is 0 Å². The lowest BCUT2D eigenvalue weighted by Gasteiger charge is -2.38. The molecule has 0 aromatic heterocycles. The number of hydrogen-bond donors (Lipinski definition) is 1. The molecule has 4 heteroatoms. The molecule has 1 saturated heterocycles. The molecule has 12 heavy (non-hydrogen) atoms. The van der Waals surface area contributed by atoms with Crippen LogP contribution >= 0.6 is 24.8 Å². The SMILES string of the molecule is CN1CCC(C)(N)C1(C)C.Cl.Cl. The summed E-state index contributed by atoms with van der Waals surface area (Å²) in [6, 6.07) is 0. The Labute approximate surface area is 87.7 Å². The van der Waals surface area contributed by atoms with Gasteiger partial charge in [-0.1, -0.05) is 0 Å². The third kappa shape index (κ3) is 2.05. The minimum atomic E-state index is -0.0122. The number of nitrogens with zero attached hydrogens (tertiary/aromatic N) is 1. The number of likely N-dealkylation sites (N-methyl/N-ethyl adjacent to an activating group) is 1. The first-order chi connectivity index (χ1) is 4.38. The van der Waals surface area contributed by atoms with Gasteiger partial charge in [0.25, 0.3) is 0 Å². The molecule has 1 rings (SSSR count). The first-order valence-electron chi connectivity index (χ1n) is 3.88. The lowest BCUT2D eigenvalue weighted by Crippen LogP contribution is -2.56. The summed E-state index contributed by atoms with van der Waals surface area (Å²) in [5.74, 6) is 0. The van der Waals surface area contributed by atoms with E-state index in [2.05, 4.69) is 32.7 Å². The second-order valence-electron chi connectivity index (χ2n) is 4.15. The molecular formula is C8H20Cl2N2. The largest absolute Gasteiger partial charge is 0.324 e. The normalized spacial score (nSPS) is 33.8. The first kappa shape index (κ1) is 15.0. The maximum Gasteiger partial charge on any atom is 0.0327 e. The highest BCUT2D eigenvalue weighted by Crippen LogP contribution is 2.34. The number of halogens is 2. The van der Waals surface area contributed by atoms with Crippen molar-refractivity contribution in [1.82, 2.24) is 4.90 Å². The van der Waals surface area contributed by atoms with Gasteiger partial charge in [0.2, 0.25) is 0 Å². The maximum absolute atomic E-state index is 6.10. The highest BCUT2D eigenvalue weighted by Gasteiger charge is 2.45. The summed E-state index contributed by atoms with van der Waals surface area (Å²) in [5.41, 5.74) is 6.25. The van der Waals surface area contributed by atoms with Crippen molar-refractivity contribution in [3.05, 3.63) is 0 Å². The van der Waals surface area contributed by atoms with Gasteiger partial charge in [0.05, 0.1) is 0 Å². The van der Waals surface area contributed by atoms with Crippen molar-refractivity contribution in [3.8, 4) is 0 Å². The van der Waals surface area contributed by atoms with Gasteiger partial charge in [-0.15, -0.1) is 24.8 Å². The molecule has 76 valence electrons. The highest BCUT2D eigenvalue weighted by atomic mass is 35.5. The van der Waals surface area contributed by atoms with Crippen molar-refractivity contribution in [1.29, 1.82) is 0 Å². The molecule has 0 saturated carbocycles. The van der Waals surface area contributed by atoms with E-state index in [1.54, 1.807) is 0 Å². The van der Waals surface area contributed by atoms with Crippen molar-refractivity contribution >= 4 is 24.8 Å². The molecule has 1 fully saturated rings. The van der Waals surface area contributed by atoms with Gasteiger partial charge in [-0.05, 0) is 34.2 Å². The molecule has 1 aliphatic rings. The van der Waals surface area contributed by atoms with Gasteiger partial charge in [0.1, 0.15) is 0 Å². The summed E-state index contributed by atoms with van der Waals surface area (Å²) in [6.45, 7) is 7.68. The molecule has 1 aliphatic heterocycles. The Hall–Kier alpha value is 0.500. The van der Waals surface area contributed by atoms with Gasteiger partial charge in [0, 0.05) is 17.6 Å². The molecule has 0 bridgehead atoms. The Bertz CT molecular complexity index is 146. The predicted molar refractivity (Wildman–Crippen MR) is 58.4 cm³/mol. The lowest BCUT2D eigenvalue weighted by atomic mass is 9.83. The molecule has 0 aliphatic carbocycles. The third-order valence-corrected chi connectivity index (χ3v) is 3.32. The Morgan fingerprint density at radius 3 is 1.67 bits per heavy atom. The number of hydrogen-bond acceptors (Lipinski definition) is 2. The molecule has 0 aromatic carbocycles. The van der Waals surface area contributed by atoms with Crippen molar-refractivity contribution in [2.75, 3.05) is 13.6 Å². The van der Waals surface area contributed by atoms with Crippen LogP contribution < -0.4 is 5.73 Å². The summed E-state index contributed by atoms with van der Waals surface area (Å²) in [7, 11) is 2.14. The lowest BCUT2D eigenvalue weighted by molar-refractivity contribution is 0.159. The fraction of sp³-hybridized carbons (Fsp3) is 1.00.